The summed E-state index contributed by atoms with van der Waals surface area (Å²) in [6, 6.07) is 9.14. The summed E-state index contributed by atoms with van der Waals surface area (Å²) in [5.41, 5.74) is 3.52. The Bertz CT molecular complexity index is 922. The number of fused-ring (bicyclic) bond motifs is 3. The predicted molar refractivity (Wildman–Crippen MR) is 122 cm³/mol. The minimum absolute atomic E-state index is 0.152. The average molecular weight is 422 g/mol. The molecule has 4 aliphatic heterocycles. The number of piperidine rings is 3. The Balaban J connectivity index is 1.23. The van der Waals surface area contributed by atoms with E-state index in [0.717, 1.165) is 56.8 Å². The van der Waals surface area contributed by atoms with Gasteiger partial charge in [-0.05, 0) is 49.1 Å². The van der Waals surface area contributed by atoms with Crippen molar-refractivity contribution in [1.82, 2.24) is 24.8 Å². The predicted octanol–water partition coefficient (Wildman–Crippen LogP) is 3.58. The summed E-state index contributed by atoms with van der Waals surface area (Å²) in [5, 5.41) is 8.86. The van der Waals surface area contributed by atoms with Crippen LogP contribution < -0.4 is 0 Å². The molecule has 6 heteroatoms. The van der Waals surface area contributed by atoms with Crippen LogP contribution in [0.25, 0.3) is 11.3 Å². The van der Waals surface area contributed by atoms with E-state index >= 15 is 0 Å². The van der Waals surface area contributed by atoms with E-state index in [4.69, 9.17) is 0 Å². The first-order valence-corrected chi connectivity index (χ1v) is 11.9. The standard InChI is InChI=1S/C25H35N5O/c1-25(2,3)20-8-6-18(7-9-20)23-17-30(27-26-23)15-21-14-19-10-13-29(21)16-22(19)24(31)28-11-4-5-12-28/h6-9,17,19,21-22H,4-5,10-16H2,1-3H3/t19?,21-,22+/m1/s1. The van der Waals surface area contributed by atoms with Crippen molar-refractivity contribution in [2.75, 3.05) is 26.2 Å². The lowest BCUT2D eigenvalue weighted by molar-refractivity contribution is -0.142. The monoisotopic (exact) mass is 421 g/mol. The third-order valence-electron chi connectivity index (χ3n) is 7.60. The van der Waals surface area contributed by atoms with Crippen LogP contribution in [0.1, 0.15) is 52.0 Å². The van der Waals surface area contributed by atoms with Gasteiger partial charge in [-0.1, -0.05) is 50.3 Å². The highest BCUT2D eigenvalue weighted by Gasteiger charge is 2.44. The first-order chi connectivity index (χ1) is 14.9. The molecule has 6 rings (SSSR count). The molecule has 4 atom stereocenters. The smallest absolute Gasteiger partial charge is 0.227 e. The number of amides is 1. The number of rotatable bonds is 4. The van der Waals surface area contributed by atoms with Crippen LogP contribution in [0.3, 0.4) is 0 Å². The fourth-order valence-corrected chi connectivity index (χ4v) is 5.66. The van der Waals surface area contributed by atoms with Crippen molar-refractivity contribution >= 4 is 5.91 Å². The zero-order valence-corrected chi connectivity index (χ0v) is 19.1. The molecule has 0 saturated carbocycles. The summed E-state index contributed by atoms with van der Waals surface area (Å²) >= 11 is 0. The number of aromatic nitrogens is 3. The molecular weight excluding hydrogens is 386 g/mol. The number of hydrogen-bond acceptors (Lipinski definition) is 4. The molecule has 31 heavy (non-hydrogen) atoms. The first kappa shape index (κ1) is 20.7. The number of likely N-dealkylation sites (tertiary alicyclic amines) is 1. The SMILES string of the molecule is CC(C)(C)c1ccc(-c2cn(C[C@H]3CC4CCN3C[C@@H]4C(=O)N3CCCC3)nn2)cc1. The Kier molecular flexibility index (Phi) is 5.37. The van der Waals surface area contributed by atoms with Gasteiger partial charge >= 0.3 is 0 Å². The molecule has 1 amide bonds. The Morgan fingerprint density at radius 2 is 1.84 bits per heavy atom. The molecule has 0 radical (unpaired) electrons. The van der Waals surface area contributed by atoms with Gasteiger partial charge < -0.3 is 4.90 Å². The summed E-state index contributed by atoms with van der Waals surface area (Å²) in [5.74, 6) is 1.14. The van der Waals surface area contributed by atoms with Crippen molar-refractivity contribution in [3.63, 3.8) is 0 Å². The van der Waals surface area contributed by atoms with Gasteiger partial charge in [0.2, 0.25) is 5.91 Å². The van der Waals surface area contributed by atoms with E-state index in [1.54, 1.807) is 0 Å². The second kappa shape index (κ2) is 8.05. The van der Waals surface area contributed by atoms with Gasteiger partial charge in [-0.3, -0.25) is 14.4 Å². The average Bonchev–Trinajstić information content (AvgIpc) is 3.46. The van der Waals surface area contributed by atoms with Crippen LogP contribution in [0, 0.1) is 11.8 Å². The number of carbonyl (C=O) groups excluding carboxylic acids is 1. The molecule has 2 bridgehead atoms. The summed E-state index contributed by atoms with van der Waals surface area (Å²) < 4.78 is 2.00. The molecule has 0 spiro atoms. The molecule has 0 N–H and O–H groups in total. The van der Waals surface area contributed by atoms with Crippen LogP contribution >= 0.6 is 0 Å². The fraction of sp³-hybridized carbons (Fsp3) is 0.640. The van der Waals surface area contributed by atoms with E-state index in [9.17, 15) is 4.79 Å². The van der Waals surface area contributed by atoms with Gasteiger partial charge in [-0.2, -0.15) is 0 Å². The minimum Gasteiger partial charge on any atom is -0.342 e. The molecule has 6 nitrogen and oxygen atoms in total. The molecule has 1 aromatic carbocycles. The summed E-state index contributed by atoms with van der Waals surface area (Å²) in [6.45, 7) is 11.5. The summed E-state index contributed by atoms with van der Waals surface area (Å²) in [4.78, 5) is 17.6. The quantitative estimate of drug-likeness (QED) is 0.757. The maximum absolute atomic E-state index is 13.0. The van der Waals surface area contributed by atoms with Crippen LogP contribution in [0.5, 0.6) is 0 Å². The normalized spacial score (nSPS) is 28.3. The van der Waals surface area contributed by atoms with Crippen molar-refractivity contribution in [2.45, 2.75) is 64.5 Å². The van der Waals surface area contributed by atoms with Gasteiger partial charge in [0.25, 0.3) is 0 Å². The van der Waals surface area contributed by atoms with E-state index in [0.29, 0.717) is 17.9 Å². The van der Waals surface area contributed by atoms with E-state index < -0.39 is 0 Å². The van der Waals surface area contributed by atoms with Crippen LogP contribution in [-0.4, -0.2) is 62.9 Å². The second-order valence-corrected chi connectivity index (χ2v) is 10.7. The molecule has 2 unspecified atom stereocenters. The molecule has 5 heterocycles. The maximum atomic E-state index is 13.0. The topological polar surface area (TPSA) is 54.3 Å². The molecule has 4 fully saturated rings. The van der Waals surface area contributed by atoms with Crippen molar-refractivity contribution in [3.05, 3.63) is 36.0 Å². The van der Waals surface area contributed by atoms with Crippen LogP contribution in [0.2, 0.25) is 0 Å². The van der Waals surface area contributed by atoms with E-state index in [1.807, 2.05) is 4.68 Å². The first-order valence-electron chi connectivity index (χ1n) is 11.9. The molecular formula is C25H35N5O. The lowest BCUT2D eigenvalue weighted by atomic mass is 9.75. The van der Waals surface area contributed by atoms with Crippen molar-refractivity contribution in [3.8, 4) is 11.3 Å². The third-order valence-corrected chi connectivity index (χ3v) is 7.60. The zero-order chi connectivity index (χ0) is 21.6. The Morgan fingerprint density at radius 3 is 2.48 bits per heavy atom. The van der Waals surface area contributed by atoms with Gasteiger partial charge in [-0.25, -0.2) is 0 Å². The lowest BCUT2D eigenvalue weighted by Gasteiger charge is -2.49. The van der Waals surface area contributed by atoms with Crippen LogP contribution in [0.15, 0.2) is 30.5 Å². The van der Waals surface area contributed by atoms with E-state index in [2.05, 4.69) is 71.3 Å². The molecule has 1 aromatic heterocycles. The van der Waals surface area contributed by atoms with Crippen molar-refractivity contribution in [1.29, 1.82) is 0 Å². The lowest BCUT2D eigenvalue weighted by Crippen LogP contribution is -2.58. The highest BCUT2D eigenvalue weighted by Crippen LogP contribution is 2.38. The number of hydrogen-bond donors (Lipinski definition) is 0. The van der Waals surface area contributed by atoms with Crippen LogP contribution in [0.4, 0.5) is 0 Å². The van der Waals surface area contributed by atoms with Crippen molar-refractivity contribution < 1.29 is 4.79 Å². The molecule has 0 aliphatic carbocycles. The number of benzene rings is 1. The van der Waals surface area contributed by atoms with Crippen LogP contribution in [-0.2, 0) is 16.8 Å². The Morgan fingerprint density at radius 1 is 1.10 bits per heavy atom. The van der Waals surface area contributed by atoms with Gasteiger partial charge in [0, 0.05) is 31.2 Å². The minimum atomic E-state index is 0.152. The van der Waals surface area contributed by atoms with Gasteiger partial charge in [0.05, 0.1) is 18.7 Å². The maximum Gasteiger partial charge on any atom is 0.227 e. The van der Waals surface area contributed by atoms with Crippen molar-refractivity contribution in [2.24, 2.45) is 11.8 Å². The van der Waals surface area contributed by atoms with E-state index in [1.165, 1.54) is 18.4 Å². The molecule has 4 saturated heterocycles. The highest BCUT2D eigenvalue weighted by atomic mass is 16.2. The second-order valence-electron chi connectivity index (χ2n) is 10.7. The summed E-state index contributed by atoms with van der Waals surface area (Å²) in [6.07, 6.45) is 6.66. The fourth-order valence-electron chi connectivity index (χ4n) is 5.66. The Hall–Kier alpha value is -2.21. The van der Waals surface area contributed by atoms with Gasteiger partial charge in [-0.15, -0.1) is 5.10 Å². The molecule has 166 valence electrons. The van der Waals surface area contributed by atoms with Gasteiger partial charge in [0.1, 0.15) is 5.69 Å². The number of carbonyl (C=O) groups is 1. The van der Waals surface area contributed by atoms with Gasteiger partial charge in [0.15, 0.2) is 0 Å². The Labute approximate surface area is 185 Å². The highest BCUT2D eigenvalue weighted by molar-refractivity contribution is 5.80. The van der Waals surface area contributed by atoms with E-state index in [-0.39, 0.29) is 11.3 Å². The number of nitrogens with zero attached hydrogens (tertiary/aromatic N) is 5. The largest absolute Gasteiger partial charge is 0.342 e. The summed E-state index contributed by atoms with van der Waals surface area (Å²) in [7, 11) is 0. The third kappa shape index (κ3) is 4.14. The zero-order valence-electron chi connectivity index (χ0n) is 19.1. The molecule has 2 aromatic rings. The molecule has 4 aliphatic rings.